The van der Waals surface area contributed by atoms with Crippen LogP contribution in [-0.2, 0) is 4.79 Å². The van der Waals surface area contributed by atoms with Gasteiger partial charge in [-0.25, -0.2) is 0 Å². The number of nitrogens with zero attached hydrogens (tertiary/aromatic N) is 1. The summed E-state index contributed by atoms with van der Waals surface area (Å²) < 4.78 is 0. The van der Waals surface area contributed by atoms with E-state index in [-0.39, 0.29) is 5.91 Å². The van der Waals surface area contributed by atoms with Crippen LogP contribution in [0.15, 0.2) is 30.3 Å². The lowest BCUT2D eigenvalue weighted by Crippen LogP contribution is -2.41. The Morgan fingerprint density at radius 1 is 1.35 bits per heavy atom. The van der Waals surface area contributed by atoms with Crippen molar-refractivity contribution in [2.24, 2.45) is 0 Å². The second-order valence-electron chi connectivity index (χ2n) is 5.51. The molecule has 0 heterocycles. The average Bonchev–Trinajstić information content (AvgIpc) is 2.84. The highest BCUT2D eigenvalue weighted by Gasteiger charge is 2.32. The van der Waals surface area contributed by atoms with E-state index in [0.717, 1.165) is 31.2 Å². The van der Waals surface area contributed by atoms with Crippen LogP contribution in [0.5, 0.6) is 0 Å². The maximum absolute atomic E-state index is 12.0. The van der Waals surface area contributed by atoms with Gasteiger partial charge in [-0.3, -0.25) is 4.79 Å². The molecule has 3 nitrogen and oxygen atoms in total. The monoisotopic (exact) mass is 293 g/mol. The molecule has 1 aromatic carbocycles. The molecule has 0 unspecified atom stereocenters. The van der Waals surface area contributed by atoms with Crippen LogP contribution in [0.25, 0.3) is 6.08 Å². The number of amides is 1. The van der Waals surface area contributed by atoms with Crippen molar-refractivity contribution in [1.82, 2.24) is 4.90 Å². The molecule has 108 valence electrons. The molecule has 1 fully saturated rings. The van der Waals surface area contributed by atoms with Gasteiger partial charge in [0.2, 0.25) is 5.91 Å². The number of carbonyl (C=O) groups excluding carboxylic acids is 1. The maximum Gasteiger partial charge on any atom is 0.246 e. The lowest BCUT2D eigenvalue weighted by Gasteiger charge is -2.27. The molecule has 0 spiro atoms. The fourth-order valence-corrected chi connectivity index (χ4v) is 2.71. The SMILES string of the molecule is CN(CC1(O)CCCC1)C(=O)/C=C/c1ccc(Cl)cc1. The van der Waals surface area contributed by atoms with Gasteiger partial charge < -0.3 is 10.0 Å². The van der Waals surface area contributed by atoms with Crippen LogP contribution in [0.3, 0.4) is 0 Å². The number of likely N-dealkylation sites (N-methyl/N-ethyl adjacent to an activating group) is 1. The quantitative estimate of drug-likeness (QED) is 0.867. The van der Waals surface area contributed by atoms with Crippen LogP contribution < -0.4 is 0 Å². The Hall–Kier alpha value is -1.32. The lowest BCUT2D eigenvalue weighted by molar-refractivity contribution is -0.127. The van der Waals surface area contributed by atoms with Crippen LogP contribution in [0.1, 0.15) is 31.2 Å². The molecule has 1 saturated carbocycles. The molecule has 1 aliphatic carbocycles. The summed E-state index contributed by atoms with van der Waals surface area (Å²) >= 11 is 5.81. The molecule has 2 rings (SSSR count). The van der Waals surface area contributed by atoms with E-state index in [1.165, 1.54) is 6.08 Å². The summed E-state index contributed by atoms with van der Waals surface area (Å²) in [5.41, 5.74) is 0.231. The fraction of sp³-hybridized carbons (Fsp3) is 0.438. The minimum atomic E-state index is -0.696. The summed E-state index contributed by atoms with van der Waals surface area (Å²) in [6, 6.07) is 7.29. The first-order chi connectivity index (χ1) is 9.48. The molecule has 0 aromatic heterocycles. The average molecular weight is 294 g/mol. The molecule has 20 heavy (non-hydrogen) atoms. The zero-order valence-electron chi connectivity index (χ0n) is 11.7. The number of halogens is 1. The third-order valence-electron chi connectivity index (χ3n) is 3.73. The Morgan fingerprint density at radius 2 is 1.95 bits per heavy atom. The number of hydrogen-bond acceptors (Lipinski definition) is 2. The molecule has 1 amide bonds. The van der Waals surface area contributed by atoms with Crippen molar-refractivity contribution in [3.05, 3.63) is 40.9 Å². The second-order valence-corrected chi connectivity index (χ2v) is 5.95. The number of aliphatic hydroxyl groups is 1. The van der Waals surface area contributed by atoms with Gasteiger partial charge in [-0.15, -0.1) is 0 Å². The van der Waals surface area contributed by atoms with E-state index >= 15 is 0 Å². The van der Waals surface area contributed by atoms with Gasteiger partial charge in [0, 0.05) is 24.7 Å². The van der Waals surface area contributed by atoms with Crippen molar-refractivity contribution >= 4 is 23.6 Å². The normalized spacial score (nSPS) is 17.6. The lowest BCUT2D eigenvalue weighted by atomic mass is 10.0. The zero-order valence-corrected chi connectivity index (χ0v) is 12.4. The minimum absolute atomic E-state index is 0.0970. The van der Waals surface area contributed by atoms with Gasteiger partial charge >= 0.3 is 0 Å². The summed E-state index contributed by atoms with van der Waals surface area (Å²) in [5.74, 6) is -0.0970. The third-order valence-corrected chi connectivity index (χ3v) is 3.98. The fourth-order valence-electron chi connectivity index (χ4n) is 2.58. The van der Waals surface area contributed by atoms with Gasteiger partial charge in [0.05, 0.1) is 5.60 Å². The first kappa shape index (κ1) is 15.1. The summed E-state index contributed by atoms with van der Waals surface area (Å²) in [4.78, 5) is 13.6. The molecule has 0 aliphatic heterocycles. The Kier molecular flexibility index (Phi) is 4.84. The Morgan fingerprint density at radius 3 is 2.55 bits per heavy atom. The van der Waals surface area contributed by atoms with E-state index in [0.29, 0.717) is 11.6 Å². The van der Waals surface area contributed by atoms with E-state index in [9.17, 15) is 9.90 Å². The van der Waals surface area contributed by atoms with Crippen LogP contribution in [0.4, 0.5) is 0 Å². The standard InChI is InChI=1S/C16H20ClNO2/c1-18(12-16(20)10-2-3-11-16)15(19)9-6-13-4-7-14(17)8-5-13/h4-9,20H,2-3,10-12H2,1H3/b9-6+. The Labute approximate surface area is 124 Å². The van der Waals surface area contributed by atoms with Gasteiger partial charge in [-0.1, -0.05) is 36.6 Å². The largest absolute Gasteiger partial charge is 0.388 e. The number of benzene rings is 1. The summed E-state index contributed by atoms with van der Waals surface area (Å²) in [5, 5.41) is 11.0. The predicted molar refractivity (Wildman–Crippen MR) is 81.5 cm³/mol. The summed E-state index contributed by atoms with van der Waals surface area (Å²) in [7, 11) is 1.73. The highest BCUT2D eigenvalue weighted by molar-refractivity contribution is 6.30. The molecular weight excluding hydrogens is 274 g/mol. The van der Waals surface area contributed by atoms with Crippen molar-refractivity contribution in [2.45, 2.75) is 31.3 Å². The van der Waals surface area contributed by atoms with Gasteiger partial charge in [-0.05, 0) is 36.6 Å². The number of rotatable bonds is 4. The van der Waals surface area contributed by atoms with E-state index in [1.54, 1.807) is 30.2 Å². The molecule has 0 atom stereocenters. The maximum atomic E-state index is 12.0. The summed E-state index contributed by atoms with van der Waals surface area (Å²) in [6.45, 7) is 0.400. The first-order valence-corrected chi connectivity index (χ1v) is 7.27. The number of carbonyl (C=O) groups is 1. The molecular formula is C16H20ClNO2. The third kappa shape index (κ3) is 4.09. The van der Waals surface area contributed by atoms with Crippen molar-refractivity contribution in [3.63, 3.8) is 0 Å². The molecule has 0 bridgehead atoms. The smallest absolute Gasteiger partial charge is 0.246 e. The van der Waals surface area contributed by atoms with Crippen LogP contribution in [0, 0.1) is 0 Å². The first-order valence-electron chi connectivity index (χ1n) is 6.90. The van der Waals surface area contributed by atoms with E-state index in [1.807, 2.05) is 12.1 Å². The van der Waals surface area contributed by atoms with Crippen molar-refractivity contribution in [3.8, 4) is 0 Å². The highest BCUT2D eigenvalue weighted by Crippen LogP contribution is 2.29. The van der Waals surface area contributed by atoms with Crippen molar-refractivity contribution < 1.29 is 9.90 Å². The minimum Gasteiger partial charge on any atom is -0.388 e. The molecule has 0 saturated heterocycles. The van der Waals surface area contributed by atoms with Crippen LogP contribution in [0.2, 0.25) is 5.02 Å². The van der Waals surface area contributed by atoms with E-state index < -0.39 is 5.60 Å². The second kappa shape index (κ2) is 6.42. The van der Waals surface area contributed by atoms with E-state index in [2.05, 4.69) is 0 Å². The van der Waals surface area contributed by atoms with E-state index in [4.69, 9.17) is 11.6 Å². The molecule has 1 aliphatic rings. The van der Waals surface area contributed by atoms with Gasteiger partial charge in [0.1, 0.15) is 0 Å². The van der Waals surface area contributed by atoms with Crippen LogP contribution in [-0.4, -0.2) is 35.1 Å². The highest BCUT2D eigenvalue weighted by atomic mass is 35.5. The molecule has 1 aromatic rings. The molecule has 1 N–H and O–H groups in total. The summed E-state index contributed by atoms with van der Waals surface area (Å²) in [6.07, 6.45) is 6.94. The Balaban J connectivity index is 1.92. The van der Waals surface area contributed by atoms with Crippen LogP contribution >= 0.6 is 11.6 Å². The molecule has 0 radical (unpaired) electrons. The molecule has 4 heteroatoms. The topological polar surface area (TPSA) is 40.5 Å². The number of hydrogen-bond donors (Lipinski definition) is 1. The van der Waals surface area contributed by atoms with Gasteiger partial charge in [-0.2, -0.15) is 0 Å². The van der Waals surface area contributed by atoms with Gasteiger partial charge in [0.25, 0.3) is 0 Å². The van der Waals surface area contributed by atoms with Gasteiger partial charge in [0.15, 0.2) is 0 Å². The van der Waals surface area contributed by atoms with Crippen molar-refractivity contribution in [1.29, 1.82) is 0 Å². The predicted octanol–water partition coefficient (Wildman–Crippen LogP) is 3.12. The Bertz CT molecular complexity index is 490. The zero-order chi connectivity index (χ0) is 14.6. The van der Waals surface area contributed by atoms with Crippen molar-refractivity contribution in [2.75, 3.05) is 13.6 Å².